The van der Waals surface area contributed by atoms with Crippen molar-refractivity contribution in [1.82, 2.24) is 5.32 Å². The zero-order chi connectivity index (χ0) is 28.9. The molecule has 1 N–H and O–H groups in total. The Morgan fingerprint density at radius 1 is 1.11 bits per heavy atom. The molecule has 0 aromatic carbocycles. The number of rotatable bonds is 12. The molecule has 2 saturated heterocycles. The van der Waals surface area contributed by atoms with E-state index in [1.807, 2.05) is 27.7 Å². The molecule has 0 spiro atoms. The fourth-order valence-corrected chi connectivity index (χ4v) is 5.83. The number of carbonyl (C=O) groups excluding carboxylic acids is 2. The summed E-state index contributed by atoms with van der Waals surface area (Å²) in [6.45, 7) is 20.6. The Hall–Kier alpha value is -1.08. The number of hydrogen-bond acceptors (Lipinski definition) is 9. The number of ether oxygens (including phenoxy) is 6. The molecule has 10 nitrogen and oxygen atoms in total. The van der Waals surface area contributed by atoms with E-state index in [1.165, 1.54) is 14.0 Å². The van der Waals surface area contributed by atoms with E-state index in [1.54, 1.807) is 0 Å². The lowest BCUT2D eigenvalue weighted by Crippen LogP contribution is -2.70. The third kappa shape index (κ3) is 7.99. The molecule has 1 amide bonds. The molecule has 38 heavy (non-hydrogen) atoms. The van der Waals surface area contributed by atoms with Gasteiger partial charge in [0.05, 0.1) is 25.4 Å². The van der Waals surface area contributed by atoms with Gasteiger partial charge in [-0.05, 0) is 44.8 Å². The fraction of sp³-hybridized carbons (Fsp3) is 0.926. The summed E-state index contributed by atoms with van der Waals surface area (Å²) in [5.41, 5.74) is 0. The van der Waals surface area contributed by atoms with E-state index in [9.17, 15) is 9.59 Å². The van der Waals surface area contributed by atoms with Crippen LogP contribution in [0.3, 0.4) is 0 Å². The van der Waals surface area contributed by atoms with Crippen LogP contribution in [-0.2, 0) is 42.4 Å². The van der Waals surface area contributed by atoms with Crippen molar-refractivity contribution in [2.24, 2.45) is 0 Å². The van der Waals surface area contributed by atoms with Gasteiger partial charge in [-0.25, -0.2) is 4.79 Å². The summed E-state index contributed by atoms with van der Waals surface area (Å²) < 4.78 is 43.2. The molecule has 0 unspecified atom stereocenters. The van der Waals surface area contributed by atoms with Crippen LogP contribution in [0.15, 0.2) is 0 Å². The maximum atomic E-state index is 13.5. The lowest BCUT2D eigenvalue weighted by molar-refractivity contribution is -0.308. The summed E-state index contributed by atoms with van der Waals surface area (Å²) in [4.78, 5) is 26.0. The molecule has 0 saturated carbocycles. The minimum atomic E-state index is -2.38. The minimum Gasteiger partial charge on any atom is -0.462 e. The molecule has 2 heterocycles. The highest BCUT2D eigenvalue weighted by molar-refractivity contribution is 6.74. The molecule has 0 aromatic heterocycles. The smallest absolute Gasteiger partial charge is 0.366 e. The van der Waals surface area contributed by atoms with Crippen molar-refractivity contribution < 1.29 is 42.4 Å². The molecular weight excluding hydrogens is 510 g/mol. The molecule has 11 heteroatoms. The summed E-state index contributed by atoms with van der Waals surface area (Å²) >= 11 is 0. The number of hydrogen-bond donors (Lipinski definition) is 1. The van der Waals surface area contributed by atoms with Gasteiger partial charge in [0, 0.05) is 27.1 Å². The molecular formula is C27H51NO9Si. The Balaban J connectivity index is 2.63. The number of carbonyl (C=O) groups is 2. The maximum Gasteiger partial charge on any atom is 0.366 e. The first kappa shape index (κ1) is 33.1. The monoisotopic (exact) mass is 561 g/mol. The molecule has 0 bridgehead atoms. The van der Waals surface area contributed by atoms with E-state index < -0.39 is 56.3 Å². The van der Waals surface area contributed by atoms with Crippen LogP contribution in [-0.4, -0.2) is 89.2 Å². The van der Waals surface area contributed by atoms with Crippen LogP contribution in [0.25, 0.3) is 0 Å². The lowest BCUT2D eigenvalue weighted by atomic mass is 9.88. The summed E-state index contributed by atoms with van der Waals surface area (Å²) in [7, 11) is -0.953. The SMILES string of the molecule is CCCOC(=O)[C@]1(OC)C[C@H](O[Si](C)(C)C(C)(C)C)[C@@H](NC(C)=O)[C@H]([C@H](OCCC)[C@H]2COC(C)(C)O2)O1. The standard InChI is InChI=1S/C27H51NO9Si/c1-12-14-32-22(20-17-34-26(7,8)35-20)23-21(28-18(3)29)19(37-38(10,11)25(4,5)6)16-27(31-9,36-23)24(30)33-15-13-2/h19-23H,12-17H2,1-11H3,(H,28,29)/t19-,20+,21+,22+,23+,27-/m0/s1. The van der Waals surface area contributed by atoms with Crippen LogP contribution < -0.4 is 5.32 Å². The molecule has 2 rings (SSSR count). The van der Waals surface area contributed by atoms with E-state index in [0.29, 0.717) is 13.0 Å². The van der Waals surface area contributed by atoms with Gasteiger partial charge >= 0.3 is 5.97 Å². The Morgan fingerprint density at radius 2 is 1.74 bits per heavy atom. The quantitative estimate of drug-likeness (QED) is 0.280. The number of methoxy groups -OCH3 is 1. The number of nitrogens with one attached hydrogen (secondary N) is 1. The Bertz CT molecular complexity index is 800. The highest BCUT2D eigenvalue weighted by atomic mass is 28.4. The van der Waals surface area contributed by atoms with Crippen molar-refractivity contribution in [2.45, 2.75) is 135 Å². The van der Waals surface area contributed by atoms with Crippen molar-refractivity contribution >= 4 is 20.2 Å². The zero-order valence-electron chi connectivity index (χ0n) is 25.3. The van der Waals surface area contributed by atoms with Crippen LogP contribution in [0.4, 0.5) is 0 Å². The van der Waals surface area contributed by atoms with Gasteiger partial charge in [0.15, 0.2) is 14.1 Å². The summed E-state index contributed by atoms with van der Waals surface area (Å²) in [5.74, 6) is -3.43. The predicted molar refractivity (Wildman–Crippen MR) is 145 cm³/mol. The van der Waals surface area contributed by atoms with Gasteiger partial charge in [-0.15, -0.1) is 0 Å². The second-order valence-electron chi connectivity index (χ2n) is 12.2. The maximum absolute atomic E-state index is 13.5. The van der Waals surface area contributed by atoms with Gasteiger partial charge < -0.3 is 38.2 Å². The first-order valence-electron chi connectivity index (χ1n) is 13.8. The number of esters is 1. The average molecular weight is 562 g/mol. The lowest BCUT2D eigenvalue weighted by Gasteiger charge is -2.51. The average Bonchev–Trinajstić information content (AvgIpc) is 3.17. The van der Waals surface area contributed by atoms with Gasteiger partial charge in [-0.2, -0.15) is 0 Å². The van der Waals surface area contributed by atoms with Crippen LogP contribution >= 0.6 is 0 Å². The van der Waals surface area contributed by atoms with Crippen molar-refractivity contribution in [3.63, 3.8) is 0 Å². The van der Waals surface area contributed by atoms with Gasteiger partial charge in [0.1, 0.15) is 18.3 Å². The van der Waals surface area contributed by atoms with Crippen molar-refractivity contribution in [3.8, 4) is 0 Å². The van der Waals surface area contributed by atoms with E-state index >= 15 is 0 Å². The van der Waals surface area contributed by atoms with Crippen LogP contribution in [0, 0.1) is 0 Å². The molecule has 222 valence electrons. The summed E-state index contributed by atoms with van der Waals surface area (Å²) in [6, 6.07) is -0.641. The van der Waals surface area contributed by atoms with E-state index in [0.717, 1.165) is 6.42 Å². The van der Waals surface area contributed by atoms with Crippen molar-refractivity contribution in [2.75, 3.05) is 26.9 Å². The minimum absolute atomic E-state index is 0.0496. The molecule has 0 aromatic rings. The van der Waals surface area contributed by atoms with Gasteiger partial charge in [0.2, 0.25) is 5.91 Å². The molecule has 2 aliphatic heterocycles. The van der Waals surface area contributed by atoms with Gasteiger partial charge in [-0.3, -0.25) is 4.79 Å². The molecule has 2 fully saturated rings. The molecule has 0 aliphatic carbocycles. The summed E-state index contributed by atoms with van der Waals surface area (Å²) in [6.07, 6.45) is -1.21. The highest BCUT2D eigenvalue weighted by Crippen LogP contribution is 2.43. The molecule has 6 atom stereocenters. The normalized spacial score (nSPS) is 30.6. The van der Waals surface area contributed by atoms with E-state index in [2.05, 4.69) is 39.2 Å². The van der Waals surface area contributed by atoms with E-state index in [-0.39, 0.29) is 30.6 Å². The van der Waals surface area contributed by atoms with Crippen molar-refractivity contribution in [3.05, 3.63) is 0 Å². The second-order valence-corrected chi connectivity index (χ2v) is 17.0. The van der Waals surface area contributed by atoms with Crippen molar-refractivity contribution in [1.29, 1.82) is 0 Å². The van der Waals surface area contributed by atoms with E-state index in [4.69, 9.17) is 32.8 Å². The molecule has 0 radical (unpaired) electrons. The Morgan fingerprint density at radius 3 is 2.21 bits per heavy atom. The first-order valence-corrected chi connectivity index (χ1v) is 16.7. The van der Waals surface area contributed by atoms with Crippen LogP contribution in [0.5, 0.6) is 0 Å². The predicted octanol–water partition coefficient (Wildman–Crippen LogP) is 3.91. The highest BCUT2D eigenvalue weighted by Gasteiger charge is 2.59. The topological polar surface area (TPSA) is 111 Å². The van der Waals surface area contributed by atoms with Crippen LogP contribution in [0.2, 0.25) is 18.1 Å². The Labute approximate surface area is 229 Å². The zero-order valence-corrected chi connectivity index (χ0v) is 26.3. The van der Waals surface area contributed by atoms with Gasteiger partial charge in [-0.1, -0.05) is 34.6 Å². The summed E-state index contributed by atoms with van der Waals surface area (Å²) in [5, 5.41) is 2.93. The largest absolute Gasteiger partial charge is 0.462 e. The number of amides is 1. The Kier molecular flexibility index (Phi) is 11.4. The third-order valence-electron chi connectivity index (χ3n) is 7.49. The first-order chi connectivity index (χ1) is 17.5. The van der Waals surface area contributed by atoms with Gasteiger partial charge in [0.25, 0.3) is 5.79 Å². The second kappa shape index (κ2) is 13.1. The third-order valence-corrected chi connectivity index (χ3v) is 12.0. The molecule has 2 aliphatic rings. The fourth-order valence-electron chi connectivity index (χ4n) is 4.49. The van der Waals surface area contributed by atoms with Crippen LogP contribution in [0.1, 0.15) is 74.7 Å².